The van der Waals surface area contributed by atoms with E-state index in [0.29, 0.717) is 0 Å². The number of unbranched alkanes of at least 4 members (excludes halogenated alkanes) is 1. The van der Waals surface area contributed by atoms with E-state index in [-0.39, 0.29) is 0 Å². The molecule has 1 fully saturated rings. The third-order valence-electron chi connectivity index (χ3n) is 3.95. The minimum atomic E-state index is 0.754. The fraction of sp³-hybridized carbons (Fsp3) is 0.846. The lowest BCUT2D eigenvalue weighted by atomic mass is 10.3. The van der Waals surface area contributed by atoms with Crippen LogP contribution in [0.4, 0.5) is 0 Å². The highest BCUT2D eigenvalue weighted by Crippen LogP contribution is 2.10. The number of fused-ring (bicyclic) bond motifs is 1. The standard InChI is InChI=1S/C6H11N3.C6H9N3.C6H16N2.4C2H6/c1-8-4-5-9-3-2-7-6(8)9;1-4-7-5(2)9-6(3)8-4;1-2-3-5-8-6-4-7;4*1-2/h2-5H2,1H3;1-3H3;8H,2-7H2,1H3;4*1-2H3. The Hall–Kier alpha value is -1.80. The molecule has 0 saturated carbocycles. The number of nitrogens with one attached hydrogen (secondary N) is 1. The summed E-state index contributed by atoms with van der Waals surface area (Å²) in [5.74, 6) is 3.58. The number of hydrogen-bond acceptors (Lipinski definition) is 8. The number of hydrogen-bond donors (Lipinski definition) is 2. The van der Waals surface area contributed by atoms with Gasteiger partial charge in [-0.25, -0.2) is 15.0 Å². The zero-order chi connectivity index (χ0) is 27.4. The summed E-state index contributed by atoms with van der Waals surface area (Å²) in [5, 5.41) is 3.21. The number of nitrogens with two attached hydrogens (primary N) is 1. The van der Waals surface area contributed by atoms with Gasteiger partial charge >= 0.3 is 0 Å². The van der Waals surface area contributed by atoms with Gasteiger partial charge in [-0.05, 0) is 33.7 Å². The first-order valence-electron chi connectivity index (χ1n) is 13.5. The van der Waals surface area contributed by atoms with E-state index in [1.54, 1.807) is 0 Å². The number of aliphatic imine (C=N–C) groups is 1. The van der Waals surface area contributed by atoms with E-state index in [1.165, 1.54) is 25.3 Å². The number of likely N-dealkylation sites (N-methyl/N-ethyl adjacent to an activating group) is 1. The van der Waals surface area contributed by atoms with E-state index in [1.807, 2.05) is 76.2 Å². The van der Waals surface area contributed by atoms with Gasteiger partial charge in [-0.1, -0.05) is 68.7 Å². The predicted molar refractivity (Wildman–Crippen MR) is 153 cm³/mol. The van der Waals surface area contributed by atoms with Crippen molar-refractivity contribution in [1.82, 2.24) is 30.1 Å². The largest absolute Gasteiger partial charge is 0.344 e. The van der Waals surface area contributed by atoms with E-state index >= 15 is 0 Å². The molecular formula is C26H60N8. The van der Waals surface area contributed by atoms with E-state index in [0.717, 1.165) is 56.7 Å². The van der Waals surface area contributed by atoms with Crippen molar-refractivity contribution < 1.29 is 0 Å². The summed E-state index contributed by atoms with van der Waals surface area (Å²) in [5.41, 5.74) is 5.25. The number of aryl methyl sites for hydroxylation is 3. The quantitative estimate of drug-likeness (QED) is 0.577. The van der Waals surface area contributed by atoms with Gasteiger partial charge in [0.05, 0.1) is 6.54 Å². The number of nitrogens with zero attached hydrogens (tertiary/aromatic N) is 6. The number of aromatic nitrogens is 3. The molecule has 0 aliphatic carbocycles. The van der Waals surface area contributed by atoms with Crippen molar-refractivity contribution in [2.45, 2.75) is 95.9 Å². The minimum absolute atomic E-state index is 0.754. The van der Waals surface area contributed by atoms with Gasteiger partial charge in [-0.15, -0.1) is 0 Å². The van der Waals surface area contributed by atoms with Crippen LogP contribution < -0.4 is 11.1 Å². The first-order valence-corrected chi connectivity index (χ1v) is 13.5. The summed E-state index contributed by atoms with van der Waals surface area (Å²) in [7, 11) is 2.10. The molecule has 0 amide bonds. The van der Waals surface area contributed by atoms with Gasteiger partial charge in [0.1, 0.15) is 17.5 Å². The third kappa shape index (κ3) is 22.0. The van der Waals surface area contributed by atoms with E-state index in [9.17, 15) is 0 Å². The average Bonchev–Trinajstić information content (AvgIpc) is 3.47. The van der Waals surface area contributed by atoms with Crippen LogP contribution in [0.3, 0.4) is 0 Å². The van der Waals surface area contributed by atoms with Gasteiger partial charge in [0, 0.05) is 39.8 Å². The van der Waals surface area contributed by atoms with Crippen molar-refractivity contribution in [3.63, 3.8) is 0 Å². The average molecular weight is 485 g/mol. The van der Waals surface area contributed by atoms with Crippen molar-refractivity contribution in [2.75, 3.05) is 52.9 Å². The summed E-state index contributed by atoms with van der Waals surface area (Å²) < 4.78 is 0. The molecule has 34 heavy (non-hydrogen) atoms. The molecule has 1 saturated heterocycles. The predicted octanol–water partition coefficient (Wildman–Crippen LogP) is 4.84. The molecule has 0 spiro atoms. The van der Waals surface area contributed by atoms with Crippen LogP contribution in [0, 0.1) is 20.8 Å². The van der Waals surface area contributed by atoms with Crippen LogP contribution in [0.25, 0.3) is 0 Å². The summed E-state index contributed by atoms with van der Waals surface area (Å²) in [6.07, 6.45) is 2.53. The van der Waals surface area contributed by atoms with Crippen LogP contribution in [0.5, 0.6) is 0 Å². The van der Waals surface area contributed by atoms with Crippen molar-refractivity contribution in [1.29, 1.82) is 0 Å². The summed E-state index contributed by atoms with van der Waals surface area (Å²) in [6.45, 7) is 31.1. The Bertz CT molecular complexity index is 493. The van der Waals surface area contributed by atoms with E-state index in [2.05, 4.69) is 49.0 Å². The first-order chi connectivity index (χ1) is 16.5. The van der Waals surface area contributed by atoms with Crippen molar-refractivity contribution in [2.24, 2.45) is 10.7 Å². The van der Waals surface area contributed by atoms with Crippen molar-refractivity contribution >= 4 is 5.96 Å². The normalized spacial score (nSPS) is 12.1. The van der Waals surface area contributed by atoms with Crippen molar-refractivity contribution in [3.05, 3.63) is 17.5 Å². The highest BCUT2D eigenvalue weighted by atomic mass is 15.4. The van der Waals surface area contributed by atoms with Crippen LogP contribution >= 0.6 is 0 Å². The molecule has 204 valence electrons. The fourth-order valence-electron chi connectivity index (χ4n) is 2.72. The maximum absolute atomic E-state index is 5.25. The van der Waals surface area contributed by atoms with Crippen LogP contribution in [0.15, 0.2) is 4.99 Å². The monoisotopic (exact) mass is 484 g/mol. The maximum Gasteiger partial charge on any atom is 0.196 e. The summed E-state index contributed by atoms with van der Waals surface area (Å²) >= 11 is 0. The Kier molecular flexibility index (Phi) is 36.2. The Morgan fingerprint density at radius 2 is 1.24 bits per heavy atom. The Morgan fingerprint density at radius 1 is 0.765 bits per heavy atom. The second-order valence-electron chi connectivity index (χ2n) is 6.46. The van der Waals surface area contributed by atoms with Gasteiger partial charge in [0.25, 0.3) is 0 Å². The smallest absolute Gasteiger partial charge is 0.196 e. The second kappa shape index (κ2) is 31.2. The molecule has 0 aromatic carbocycles. The van der Waals surface area contributed by atoms with Crippen LogP contribution in [0.2, 0.25) is 0 Å². The molecule has 1 aromatic rings. The van der Waals surface area contributed by atoms with Gasteiger partial charge in [-0.2, -0.15) is 0 Å². The third-order valence-corrected chi connectivity index (χ3v) is 3.95. The Morgan fingerprint density at radius 3 is 1.62 bits per heavy atom. The Labute approximate surface area is 213 Å². The van der Waals surface area contributed by atoms with Gasteiger partial charge in [0.15, 0.2) is 5.96 Å². The van der Waals surface area contributed by atoms with Crippen LogP contribution in [-0.2, 0) is 0 Å². The topological polar surface area (TPSA) is 95.6 Å². The number of rotatable bonds is 5. The Balaban J connectivity index is -0.000000173. The molecule has 2 aliphatic heterocycles. The zero-order valence-corrected chi connectivity index (χ0v) is 25.1. The SMILES string of the molecule is CC.CC.CC.CC.CCCCNCCN.CN1CCN2CCN=C12.Cc1nc(C)nc(C)n1. The number of guanidine groups is 1. The fourth-order valence-corrected chi connectivity index (χ4v) is 2.72. The highest BCUT2D eigenvalue weighted by molar-refractivity contribution is 5.83. The van der Waals surface area contributed by atoms with E-state index in [4.69, 9.17) is 5.73 Å². The van der Waals surface area contributed by atoms with Gasteiger partial charge in [0.2, 0.25) is 0 Å². The molecule has 0 unspecified atom stereocenters. The molecule has 0 bridgehead atoms. The molecule has 8 heteroatoms. The lowest BCUT2D eigenvalue weighted by Crippen LogP contribution is -2.26. The molecule has 8 nitrogen and oxygen atoms in total. The summed E-state index contributed by atoms with van der Waals surface area (Å²) in [4.78, 5) is 20.9. The lowest BCUT2D eigenvalue weighted by Gasteiger charge is -2.11. The molecule has 1 aromatic heterocycles. The zero-order valence-electron chi connectivity index (χ0n) is 25.1. The van der Waals surface area contributed by atoms with Crippen LogP contribution in [-0.4, -0.2) is 83.6 Å². The lowest BCUT2D eigenvalue weighted by molar-refractivity contribution is 0.498. The molecule has 0 atom stereocenters. The van der Waals surface area contributed by atoms with Gasteiger partial charge < -0.3 is 20.9 Å². The molecule has 3 N–H and O–H groups in total. The van der Waals surface area contributed by atoms with Crippen molar-refractivity contribution in [3.8, 4) is 0 Å². The molecule has 3 rings (SSSR count). The maximum atomic E-state index is 5.25. The molecular weight excluding hydrogens is 424 g/mol. The molecule has 2 aliphatic rings. The minimum Gasteiger partial charge on any atom is -0.344 e. The molecule has 3 heterocycles. The molecule has 0 radical (unpaired) electrons. The van der Waals surface area contributed by atoms with E-state index < -0.39 is 0 Å². The first kappa shape index (κ1) is 39.4. The summed E-state index contributed by atoms with van der Waals surface area (Å²) in [6, 6.07) is 0. The van der Waals surface area contributed by atoms with Crippen LogP contribution in [0.1, 0.15) is 92.6 Å². The highest BCUT2D eigenvalue weighted by Gasteiger charge is 2.25. The second-order valence-corrected chi connectivity index (χ2v) is 6.46. The van der Waals surface area contributed by atoms with Gasteiger partial charge in [-0.3, -0.25) is 4.99 Å².